The molecule has 31 heavy (non-hydrogen) atoms. The van der Waals surface area contributed by atoms with Crippen LogP contribution in [0.5, 0.6) is 0 Å². The molecule has 6 heteroatoms. The Bertz CT molecular complexity index is 1040. The van der Waals surface area contributed by atoms with Crippen molar-refractivity contribution in [3.63, 3.8) is 0 Å². The Morgan fingerprint density at radius 3 is 2.42 bits per heavy atom. The van der Waals surface area contributed by atoms with Crippen molar-refractivity contribution in [3.8, 4) is 0 Å². The third-order valence-electron chi connectivity index (χ3n) is 5.42. The first-order valence-corrected chi connectivity index (χ1v) is 10.4. The summed E-state index contributed by atoms with van der Waals surface area (Å²) in [5.74, 6) is 0.507. The fourth-order valence-electron chi connectivity index (χ4n) is 3.49. The average molecular weight is 420 g/mol. The molecule has 1 saturated carbocycles. The highest BCUT2D eigenvalue weighted by Crippen LogP contribution is 2.33. The van der Waals surface area contributed by atoms with Gasteiger partial charge in [0, 0.05) is 18.7 Å². The van der Waals surface area contributed by atoms with E-state index in [-0.39, 0.29) is 30.0 Å². The van der Waals surface area contributed by atoms with Gasteiger partial charge >= 0.3 is 0 Å². The van der Waals surface area contributed by atoms with Gasteiger partial charge in [0.15, 0.2) is 0 Å². The lowest BCUT2D eigenvalue weighted by Gasteiger charge is -2.23. The molecule has 2 aromatic carbocycles. The number of hydrogen-bond donors (Lipinski definition) is 0. The van der Waals surface area contributed by atoms with E-state index in [0.717, 1.165) is 35.4 Å². The summed E-state index contributed by atoms with van der Waals surface area (Å²) in [5.41, 5.74) is 2.36. The highest BCUT2D eigenvalue weighted by molar-refractivity contribution is 5.96. The quantitative estimate of drug-likeness (QED) is 0.537. The summed E-state index contributed by atoms with van der Waals surface area (Å²) in [6, 6.07) is 17.4. The van der Waals surface area contributed by atoms with E-state index in [9.17, 15) is 14.0 Å². The van der Waals surface area contributed by atoms with Crippen LogP contribution < -0.4 is 4.90 Å². The molecule has 0 bridgehead atoms. The van der Waals surface area contributed by atoms with Crippen LogP contribution in [0.4, 0.5) is 10.1 Å². The van der Waals surface area contributed by atoms with E-state index in [4.69, 9.17) is 4.42 Å². The van der Waals surface area contributed by atoms with Crippen LogP contribution in [0.3, 0.4) is 0 Å². The number of carbonyl (C=O) groups excluding carboxylic acids is 2. The predicted octanol–water partition coefficient (Wildman–Crippen LogP) is 4.56. The molecule has 5 nitrogen and oxygen atoms in total. The third-order valence-corrected chi connectivity index (χ3v) is 5.42. The highest BCUT2D eigenvalue weighted by Gasteiger charge is 2.34. The Morgan fingerprint density at radius 2 is 1.77 bits per heavy atom. The van der Waals surface area contributed by atoms with Crippen molar-refractivity contribution in [1.82, 2.24) is 4.90 Å². The summed E-state index contributed by atoms with van der Waals surface area (Å²) in [6.45, 7) is 0.735. The molecule has 160 valence electrons. The van der Waals surface area contributed by atoms with Gasteiger partial charge in [-0.3, -0.25) is 9.59 Å². The minimum absolute atomic E-state index is 0.0187. The van der Waals surface area contributed by atoms with Gasteiger partial charge < -0.3 is 14.2 Å². The Balaban J connectivity index is 1.44. The van der Waals surface area contributed by atoms with E-state index in [1.54, 1.807) is 35.2 Å². The minimum Gasteiger partial charge on any atom is -0.467 e. The lowest BCUT2D eigenvalue weighted by molar-refractivity contribution is -0.130. The van der Waals surface area contributed by atoms with Gasteiger partial charge in [0.2, 0.25) is 11.8 Å². The Kier molecular flexibility index (Phi) is 6.16. The van der Waals surface area contributed by atoms with Crippen molar-refractivity contribution in [1.29, 1.82) is 0 Å². The first kappa shape index (κ1) is 20.8. The monoisotopic (exact) mass is 420 g/mol. The molecule has 2 amide bonds. The number of nitrogens with zero attached hydrogens (tertiary/aromatic N) is 2. The van der Waals surface area contributed by atoms with E-state index in [1.807, 2.05) is 36.4 Å². The van der Waals surface area contributed by atoms with E-state index in [1.165, 1.54) is 12.1 Å². The van der Waals surface area contributed by atoms with Crippen LogP contribution >= 0.6 is 0 Å². The summed E-state index contributed by atoms with van der Waals surface area (Å²) in [6.07, 6.45) is 3.64. The number of benzene rings is 2. The molecule has 0 spiro atoms. The van der Waals surface area contributed by atoms with Crippen molar-refractivity contribution < 1.29 is 18.4 Å². The van der Waals surface area contributed by atoms with Gasteiger partial charge in [-0.25, -0.2) is 4.39 Å². The minimum atomic E-state index is -0.316. The fraction of sp³-hybridized carbons (Fsp3) is 0.280. The SMILES string of the molecule is CN(Cc1ccco1)C(=O)Cc1ccc(N(Cc2cccc(F)c2)C(=O)C2CC2)cc1. The maximum absolute atomic E-state index is 13.6. The largest absolute Gasteiger partial charge is 0.467 e. The van der Waals surface area contributed by atoms with Crippen LogP contribution in [0.15, 0.2) is 71.3 Å². The Labute approximate surface area is 181 Å². The van der Waals surface area contributed by atoms with Gasteiger partial charge in [-0.2, -0.15) is 0 Å². The molecule has 4 rings (SSSR count). The summed E-state index contributed by atoms with van der Waals surface area (Å²) in [4.78, 5) is 28.7. The number of likely N-dealkylation sites (N-methyl/N-ethyl adjacent to an activating group) is 1. The third kappa shape index (κ3) is 5.40. The number of hydrogen-bond acceptors (Lipinski definition) is 3. The Morgan fingerprint density at radius 1 is 1.00 bits per heavy atom. The number of anilines is 1. The maximum Gasteiger partial charge on any atom is 0.230 e. The van der Waals surface area contributed by atoms with Crippen LogP contribution in [0.1, 0.15) is 29.7 Å². The molecule has 0 unspecified atom stereocenters. The van der Waals surface area contributed by atoms with Gasteiger partial charge in [0.25, 0.3) is 0 Å². The molecule has 1 aromatic heterocycles. The van der Waals surface area contributed by atoms with Crippen molar-refractivity contribution in [2.75, 3.05) is 11.9 Å². The zero-order valence-corrected chi connectivity index (χ0v) is 17.5. The number of halogens is 1. The molecular formula is C25H25FN2O3. The second-order valence-electron chi connectivity index (χ2n) is 8.00. The van der Waals surface area contributed by atoms with E-state index in [0.29, 0.717) is 13.1 Å². The van der Waals surface area contributed by atoms with Crippen LogP contribution in [-0.4, -0.2) is 23.8 Å². The maximum atomic E-state index is 13.6. The second kappa shape index (κ2) is 9.16. The van der Waals surface area contributed by atoms with Gasteiger partial charge in [0.1, 0.15) is 11.6 Å². The fourth-order valence-corrected chi connectivity index (χ4v) is 3.49. The van der Waals surface area contributed by atoms with Crippen LogP contribution in [0.25, 0.3) is 0 Å². The standard InChI is InChI=1S/C25H25FN2O3/c1-27(17-23-6-3-13-31-23)24(29)15-18-7-11-22(12-8-18)28(25(30)20-9-10-20)16-19-4-2-5-21(26)14-19/h2-8,11-14,20H,9-10,15-17H2,1H3. The summed E-state index contributed by atoms with van der Waals surface area (Å²) in [7, 11) is 1.74. The molecule has 0 aliphatic heterocycles. The van der Waals surface area contributed by atoms with Crippen molar-refractivity contribution >= 4 is 17.5 Å². The normalized spacial score (nSPS) is 13.1. The number of furan rings is 1. The first-order valence-electron chi connectivity index (χ1n) is 10.4. The van der Waals surface area contributed by atoms with E-state index >= 15 is 0 Å². The smallest absolute Gasteiger partial charge is 0.230 e. The summed E-state index contributed by atoms with van der Waals surface area (Å²) in [5, 5.41) is 0. The average Bonchev–Trinajstić information content (AvgIpc) is 3.49. The predicted molar refractivity (Wildman–Crippen MR) is 116 cm³/mol. The molecule has 1 fully saturated rings. The van der Waals surface area contributed by atoms with Crippen LogP contribution in [0.2, 0.25) is 0 Å². The van der Waals surface area contributed by atoms with Gasteiger partial charge in [-0.1, -0.05) is 24.3 Å². The second-order valence-corrected chi connectivity index (χ2v) is 8.00. The zero-order valence-electron chi connectivity index (χ0n) is 17.5. The molecule has 1 aliphatic carbocycles. The molecule has 0 radical (unpaired) electrons. The summed E-state index contributed by atoms with van der Waals surface area (Å²) < 4.78 is 18.9. The van der Waals surface area contributed by atoms with Crippen molar-refractivity contribution in [2.24, 2.45) is 5.92 Å². The molecule has 0 saturated heterocycles. The van der Waals surface area contributed by atoms with Gasteiger partial charge in [-0.05, 0) is 60.4 Å². The Hall–Kier alpha value is -3.41. The topological polar surface area (TPSA) is 53.8 Å². The van der Waals surface area contributed by atoms with Gasteiger partial charge in [-0.15, -0.1) is 0 Å². The van der Waals surface area contributed by atoms with Crippen LogP contribution in [-0.2, 0) is 29.1 Å². The van der Waals surface area contributed by atoms with E-state index < -0.39 is 0 Å². The van der Waals surface area contributed by atoms with Crippen LogP contribution in [0, 0.1) is 11.7 Å². The van der Waals surface area contributed by atoms with Gasteiger partial charge in [0.05, 0.1) is 25.8 Å². The lowest BCUT2D eigenvalue weighted by Crippen LogP contribution is -2.31. The number of amides is 2. The molecule has 0 atom stereocenters. The number of rotatable bonds is 8. The number of carbonyl (C=O) groups is 2. The van der Waals surface area contributed by atoms with Crippen molar-refractivity contribution in [2.45, 2.75) is 32.4 Å². The van der Waals surface area contributed by atoms with E-state index in [2.05, 4.69) is 0 Å². The lowest BCUT2D eigenvalue weighted by atomic mass is 10.1. The summed E-state index contributed by atoms with van der Waals surface area (Å²) >= 11 is 0. The molecule has 3 aromatic rings. The molecular weight excluding hydrogens is 395 g/mol. The first-order chi connectivity index (χ1) is 15.0. The van der Waals surface area contributed by atoms with Crippen molar-refractivity contribution in [3.05, 3.63) is 89.6 Å². The highest BCUT2D eigenvalue weighted by atomic mass is 19.1. The molecule has 0 N–H and O–H groups in total. The zero-order chi connectivity index (χ0) is 21.8. The molecule has 1 aliphatic rings. The molecule has 1 heterocycles.